The van der Waals surface area contributed by atoms with Gasteiger partial charge in [-0.15, -0.1) is 11.3 Å². The third-order valence-corrected chi connectivity index (χ3v) is 5.57. The van der Waals surface area contributed by atoms with E-state index in [0.717, 1.165) is 25.1 Å². The van der Waals surface area contributed by atoms with Gasteiger partial charge in [-0.1, -0.05) is 6.07 Å². The number of rotatable bonds is 5. The molecule has 0 saturated carbocycles. The first-order chi connectivity index (χ1) is 11.6. The van der Waals surface area contributed by atoms with E-state index in [1.807, 2.05) is 30.4 Å². The summed E-state index contributed by atoms with van der Waals surface area (Å²) in [6.07, 6.45) is 4.62. The number of nitrogens with one attached hydrogen (secondary N) is 2. The van der Waals surface area contributed by atoms with Gasteiger partial charge >= 0.3 is 6.03 Å². The number of nitrogens with zero attached hydrogens (tertiary/aromatic N) is 2. The fourth-order valence-electron chi connectivity index (χ4n) is 2.98. The summed E-state index contributed by atoms with van der Waals surface area (Å²) in [7, 11) is 0. The largest absolute Gasteiger partial charge is 0.337 e. The lowest BCUT2D eigenvalue weighted by Crippen LogP contribution is -2.46. The molecule has 6 heteroatoms. The molecule has 1 aliphatic heterocycles. The highest BCUT2D eigenvalue weighted by Crippen LogP contribution is 2.24. The molecule has 0 unspecified atom stereocenters. The van der Waals surface area contributed by atoms with Gasteiger partial charge in [0, 0.05) is 42.9 Å². The standard InChI is InChI=1S/C18H24N4OS/c1-13(22-8-5-17-16(12-22)6-9-24-17)10-20-18(23)21-14(2)15-4-3-7-19-11-15/h3-4,6-7,9,11,13-14H,5,8,10,12H2,1-2H3,(H2,20,21,23)/t13-,14-/m0/s1. The van der Waals surface area contributed by atoms with E-state index in [1.54, 1.807) is 12.4 Å². The van der Waals surface area contributed by atoms with Crippen LogP contribution in [0.3, 0.4) is 0 Å². The van der Waals surface area contributed by atoms with Gasteiger partial charge in [0.15, 0.2) is 0 Å². The zero-order valence-corrected chi connectivity index (χ0v) is 15.0. The minimum absolute atomic E-state index is 0.0580. The van der Waals surface area contributed by atoms with E-state index in [2.05, 4.69) is 38.9 Å². The minimum Gasteiger partial charge on any atom is -0.337 e. The molecule has 2 aromatic rings. The summed E-state index contributed by atoms with van der Waals surface area (Å²) in [4.78, 5) is 20.1. The maximum Gasteiger partial charge on any atom is 0.315 e. The molecule has 0 aliphatic carbocycles. The molecule has 3 heterocycles. The third-order valence-electron chi connectivity index (χ3n) is 4.55. The topological polar surface area (TPSA) is 57.3 Å². The molecule has 2 atom stereocenters. The quantitative estimate of drug-likeness (QED) is 0.877. The van der Waals surface area contributed by atoms with Crippen LogP contribution >= 0.6 is 11.3 Å². The molecule has 5 nitrogen and oxygen atoms in total. The van der Waals surface area contributed by atoms with Crippen molar-refractivity contribution in [2.75, 3.05) is 13.1 Å². The van der Waals surface area contributed by atoms with Crippen LogP contribution in [0.2, 0.25) is 0 Å². The number of aromatic nitrogens is 1. The predicted octanol–water partition coefficient (Wildman–Crippen LogP) is 2.95. The highest BCUT2D eigenvalue weighted by molar-refractivity contribution is 7.10. The number of amides is 2. The van der Waals surface area contributed by atoms with Crippen molar-refractivity contribution < 1.29 is 4.79 Å². The Kier molecular flexibility index (Phi) is 5.48. The Morgan fingerprint density at radius 2 is 2.29 bits per heavy atom. The van der Waals surface area contributed by atoms with Gasteiger partial charge in [0.25, 0.3) is 0 Å². The normalized spacial score (nSPS) is 16.9. The van der Waals surface area contributed by atoms with Gasteiger partial charge in [-0.3, -0.25) is 9.88 Å². The van der Waals surface area contributed by atoms with Gasteiger partial charge in [-0.2, -0.15) is 0 Å². The van der Waals surface area contributed by atoms with Crippen molar-refractivity contribution in [1.29, 1.82) is 0 Å². The Balaban J connectivity index is 1.44. The molecule has 128 valence electrons. The molecule has 24 heavy (non-hydrogen) atoms. The van der Waals surface area contributed by atoms with Crippen molar-refractivity contribution in [2.45, 2.75) is 38.9 Å². The Morgan fingerprint density at radius 3 is 3.08 bits per heavy atom. The first kappa shape index (κ1) is 16.9. The molecule has 0 aromatic carbocycles. The first-order valence-corrected chi connectivity index (χ1v) is 9.25. The predicted molar refractivity (Wildman–Crippen MR) is 97.1 cm³/mol. The van der Waals surface area contributed by atoms with Crippen molar-refractivity contribution >= 4 is 17.4 Å². The average molecular weight is 344 g/mol. The fraction of sp³-hybridized carbons (Fsp3) is 0.444. The molecule has 0 fully saturated rings. The van der Waals surface area contributed by atoms with Crippen LogP contribution in [0, 0.1) is 0 Å². The highest BCUT2D eigenvalue weighted by atomic mass is 32.1. The van der Waals surface area contributed by atoms with Gasteiger partial charge in [0.05, 0.1) is 6.04 Å². The average Bonchev–Trinajstić information content (AvgIpc) is 3.08. The van der Waals surface area contributed by atoms with Crippen molar-refractivity contribution in [3.63, 3.8) is 0 Å². The molecule has 0 saturated heterocycles. The van der Waals surface area contributed by atoms with E-state index in [-0.39, 0.29) is 12.1 Å². The summed E-state index contributed by atoms with van der Waals surface area (Å²) < 4.78 is 0. The number of pyridine rings is 1. The van der Waals surface area contributed by atoms with E-state index in [1.165, 1.54) is 10.4 Å². The lowest BCUT2D eigenvalue weighted by Gasteiger charge is -2.32. The third kappa shape index (κ3) is 4.13. The second kappa shape index (κ2) is 7.77. The van der Waals surface area contributed by atoms with Gasteiger partial charge < -0.3 is 10.6 Å². The number of carbonyl (C=O) groups excluding carboxylic acids is 1. The first-order valence-electron chi connectivity index (χ1n) is 8.37. The zero-order chi connectivity index (χ0) is 16.9. The fourth-order valence-corrected chi connectivity index (χ4v) is 3.87. The number of hydrogen-bond donors (Lipinski definition) is 2. The summed E-state index contributed by atoms with van der Waals surface area (Å²) in [5.74, 6) is 0. The van der Waals surface area contributed by atoms with Gasteiger partial charge in [0.1, 0.15) is 0 Å². The summed E-state index contributed by atoms with van der Waals surface area (Å²) >= 11 is 1.85. The Bertz CT molecular complexity index is 673. The molecule has 3 rings (SSSR count). The molecule has 2 aromatic heterocycles. The monoisotopic (exact) mass is 344 g/mol. The van der Waals surface area contributed by atoms with Crippen LogP contribution in [-0.2, 0) is 13.0 Å². The van der Waals surface area contributed by atoms with E-state index in [0.29, 0.717) is 12.6 Å². The maximum absolute atomic E-state index is 12.1. The molecule has 1 aliphatic rings. The second-order valence-electron chi connectivity index (χ2n) is 6.30. The number of urea groups is 1. The highest BCUT2D eigenvalue weighted by Gasteiger charge is 2.21. The lowest BCUT2D eigenvalue weighted by atomic mass is 10.1. The van der Waals surface area contributed by atoms with E-state index in [9.17, 15) is 4.79 Å². The molecule has 0 spiro atoms. The molecular weight excluding hydrogens is 320 g/mol. The van der Waals surface area contributed by atoms with E-state index >= 15 is 0 Å². The lowest BCUT2D eigenvalue weighted by molar-refractivity contribution is 0.185. The van der Waals surface area contributed by atoms with Gasteiger partial charge in [0.2, 0.25) is 0 Å². The smallest absolute Gasteiger partial charge is 0.315 e. The van der Waals surface area contributed by atoms with Crippen LogP contribution < -0.4 is 10.6 Å². The van der Waals surface area contributed by atoms with Crippen LogP contribution in [0.15, 0.2) is 36.0 Å². The summed E-state index contributed by atoms with van der Waals surface area (Å²) in [5.41, 5.74) is 2.44. The number of hydrogen-bond acceptors (Lipinski definition) is 4. The number of thiophene rings is 1. The van der Waals surface area contributed by atoms with Crippen molar-refractivity contribution in [2.24, 2.45) is 0 Å². The van der Waals surface area contributed by atoms with Gasteiger partial charge in [-0.25, -0.2) is 4.79 Å². The molecule has 0 bridgehead atoms. The van der Waals surface area contributed by atoms with Crippen molar-refractivity contribution in [1.82, 2.24) is 20.5 Å². The number of carbonyl (C=O) groups is 1. The van der Waals surface area contributed by atoms with Crippen LogP contribution in [-0.4, -0.2) is 35.0 Å². The van der Waals surface area contributed by atoms with Crippen LogP contribution in [0.1, 0.15) is 35.9 Å². The van der Waals surface area contributed by atoms with Crippen LogP contribution in [0.4, 0.5) is 4.79 Å². The Hall–Kier alpha value is -1.92. The SMILES string of the molecule is C[C@H](NC(=O)NC[C@H](C)N1CCc2sccc2C1)c1cccnc1. The molecule has 2 N–H and O–H groups in total. The molecular formula is C18H24N4OS. The van der Waals surface area contributed by atoms with Crippen LogP contribution in [0.5, 0.6) is 0 Å². The Morgan fingerprint density at radius 1 is 1.42 bits per heavy atom. The minimum atomic E-state index is -0.133. The Labute approximate surface area is 147 Å². The van der Waals surface area contributed by atoms with Gasteiger partial charge in [-0.05, 0) is 48.9 Å². The van der Waals surface area contributed by atoms with Crippen molar-refractivity contribution in [3.8, 4) is 0 Å². The molecule has 2 amide bonds. The number of fused-ring (bicyclic) bond motifs is 1. The summed E-state index contributed by atoms with van der Waals surface area (Å²) in [6.45, 7) is 6.81. The summed E-state index contributed by atoms with van der Waals surface area (Å²) in [6, 6.07) is 6.19. The van der Waals surface area contributed by atoms with E-state index < -0.39 is 0 Å². The second-order valence-corrected chi connectivity index (χ2v) is 7.30. The molecule has 0 radical (unpaired) electrons. The summed E-state index contributed by atoms with van der Waals surface area (Å²) in [5, 5.41) is 8.12. The van der Waals surface area contributed by atoms with Crippen LogP contribution in [0.25, 0.3) is 0 Å². The maximum atomic E-state index is 12.1. The van der Waals surface area contributed by atoms with E-state index in [4.69, 9.17) is 0 Å². The van der Waals surface area contributed by atoms with Crippen molar-refractivity contribution in [3.05, 3.63) is 52.0 Å². The zero-order valence-electron chi connectivity index (χ0n) is 14.2.